The van der Waals surface area contributed by atoms with Crippen LogP contribution in [0, 0.1) is 0 Å². The summed E-state index contributed by atoms with van der Waals surface area (Å²) in [6.45, 7) is 0. The first-order valence-electron chi connectivity index (χ1n) is 19.2. The third kappa shape index (κ3) is 5.11. The number of hydrogen-bond donors (Lipinski definition) is 0. The zero-order valence-corrected chi connectivity index (χ0v) is 30.8. The van der Waals surface area contributed by atoms with Gasteiger partial charge in [0.15, 0.2) is 23.1 Å². The maximum Gasteiger partial charge on any atom is 0.164 e. The highest BCUT2D eigenvalue weighted by atomic mass is 16.3. The largest absolute Gasteiger partial charge is 0.456 e. The molecule has 4 heterocycles. The average molecular weight is 747 g/mol. The van der Waals surface area contributed by atoms with Crippen LogP contribution in [0.5, 0.6) is 0 Å². The lowest BCUT2D eigenvalue weighted by atomic mass is 10.0. The Morgan fingerprint density at radius 2 is 0.828 bits per heavy atom. The van der Waals surface area contributed by atoms with E-state index in [1.807, 2.05) is 109 Å². The minimum absolute atomic E-state index is 0.567. The Morgan fingerprint density at radius 3 is 1.43 bits per heavy atom. The molecule has 4 aromatic heterocycles. The van der Waals surface area contributed by atoms with Crippen molar-refractivity contribution in [1.82, 2.24) is 15.0 Å². The van der Waals surface area contributed by atoms with E-state index in [1.54, 1.807) is 0 Å². The van der Waals surface area contributed by atoms with Gasteiger partial charge in [-0.15, -0.1) is 0 Å². The molecule has 0 atom stereocenters. The van der Waals surface area contributed by atoms with Crippen molar-refractivity contribution in [3.63, 3.8) is 0 Å². The first-order valence-corrected chi connectivity index (χ1v) is 19.2. The van der Waals surface area contributed by atoms with Gasteiger partial charge in [-0.2, -0.15) is 0 Å². The number of hydrogen-bond acceptors (Lipinski definition) is 7. The lowest BCUT2D eigenvalue weighted by molar-refractivity contribution is 0.668. The van der Waals surface area contributed by atoms with Gasteiger partial charge in [0.1, 0.15) is 27.9 Å². The van der Waals surface area contributed by atoms with Gasteiger partial charge >= 0.3 is 0 Å². The van der Waals surface area contributed by atoms with E-state index in [0.717, 1.165) is 99.6 Å². The molecule has 58 heavy (non-hydrogen) atoms. The van der Waals surface area contributed by atoms with E-state index in [9.17, 15) is 0 Å². The summed E-state index contributed by atoms with van der Waals surface area (Å²) < 4.78 is 19.5. The molecule has 12 aromatic rings. The second kappa shape index (κ2) is 12.8. The fourth-order valence-corrected chi connectivity index (χ4v) is 8.26. The summed E-state index contributed by atoms with van der Waals surface area (Å²) in [6.07, 6.45) is 0. The molecule has 7 heteroatoms. The Balaban J connectivity index is 1.10. The second-order valence-electron chi connectivity index (χ2n) is 14.4. The maximum atomic E-state index is 6.94. The van der Waals surface area contributed by atoms with Gasteiger partial charge in [-0.1, -0.05) is 121 Å². The molecule has 0 unspecified atom stereocenters. The molecular formula is C51H30N4O3. The molecule has 7 nitrogen and oxygen atoms in total. The molecule has 0 amide bonds. The molecule has 0 radical (unpaired) electrons. The molecule has 12 rings (SSSR count). The summed E-state index contributed by atoms with van der Waals surface area (Å²) in [5.74, 6) is 1.77. The van der Waals surface area contributed by atoms with Crippen LogP contribution in [-0.4, -0.2) is 15.0 Å². The van der Waals surface area contributed by atoms with Crippen LogP contribution in [0.1, 0.15) is 0 Å². The van der Waals surface area contributed by atoms with Gasteiger partial charge in [-0.3, -0.25) is 0 Å². The van der Waals surface area contributed by atoms with Crippen molar-refractivity contribution in [2.75, 3.05) is 4.90 Å². The number of para-hydroxylation sites is 3. The molecule has 0 saturated heterocycles. The average Bonchev–Trinajstić information content (AvgIpc) is 3.98. The van der Waals surface area contributed by atoms with E-state index in [-0.39, 0.29) is 0 Å². The summed E-state index contributed by atoms with van der Waals surface area (Å²) in [4.78, 5) is 17.4. The molecule has 0 aliphatic rings. The molecule has 8 aromatic carbocycles. The van der Waals surface area contributed by atoms with Crippen LogP contribution in [0.2, 0.25) is 0 Å². The molecule has 0 aliphatic heterocycles. The van der Waals surface area contributed by atoms with E-state index in [2.05, 4.69) is 77.7 Å². The van der Waals surface area contributed by atoms with Crippen LogP contribution in [0.25, 0.3) is 100.0 Å². The van der Waals surface area contributed by atoms with Gasteiger partial charge < -0.3 is 18.2 Å². The number of benzene rings is 8. The Kier molecular flexibility index (Phi) is 7.09. The van der Waals surface area contributed by atoms with Crippen molar-refractivity contribution in [2.24, 2.45) is 0 Å². The topological polar surface area (TPSA) is 81.3 Å². The van der Waals surface area contributed by atoms with E-state index >= 15 is 0 Å². The lowest BCUT2D eigenvalue weighted by Gasteiger charge is -2.25. The molecule has 0 fully saturated rings. The molecular weight excluding hydrogens is 717 g/mol. The van der Waals surface area contributed by atoms with E-state index in [0.29, 0.717) is 17.5 Å². The minimum Gasteiger partial charge on any atom is -0.456 e. The van der Waals surface area contributed by atoms with Crippen LogP contribution in [0.15, 0.2) is 195 Å². The Bertz CT molecular complexity index is 3360. The summed E-state index contributed by atoms with van der Waals surface area (Å²) in [7, 11) is 0. The first kappa shape index (κ1) is 32.2. The maximum absolute atomic E-state index is 6.94. The van der Waals surface area contributed by atoms with Crippen LogP contribution < -0.4 is 4.90 Å². The summed E-state index contributed by atoms with van der Waals surface area (Å²) in [5.41, 5.74) is 10.3. The minimum atomic E-state index is 0.567. The fourth-order valence-electron chi connectivity index (χ4n) is 8.26. The number of nitrogens with zero attached hydrogens (tertiary/aromatic N) is 4. The smallest absolute Gasteiger partial charge is 0.164 e. The van der Waals surface area contributed by atoms with Crippen LogP contribution in [0.3, 0.4) is 0 Å². The SMILES string of the molecule is c1ccc(-c2nc(-c3ccccc3)nc(-c3cccc4oc5c(N(c6ccc7oc8ccccc8c7c6)c6ccc7oc8ccccc8c7c6)cccc5c34)n2)cc1. The highest BCUT2D eigenvalue weighted by Gasteiger charge is 2.24. The van der Waals surface area contributed by atoms with Crippen LogP contribution in [0.4, 0.5) is 17.1 Å². The quantitative estimate of drug-likeness (QED) is 0.168. The summed E-state index contributed by atoms with van der Waals surface area (Å²) in [6, 6.07) is 61.5. The van der Waals surface area contributed by atoms with E-state index < -0.39 is 0 Å². The van der Waals surface area contributed by atoms with E-state index in [4.69, 9.17) is 28.2 Å². The van der Waals surface area contributed by atoms with Crippen molar-refractivity contribution < 1.29 is 13.3 Å². The Morgan fingerprint density at radius 1 is 0.345 bits per heavy atom. The standard InChI is InChI=1S/C51H30N4O3/c1-3-13-31(14-4-1)49-52-50(32-15-5-2-6-16-32)54-51(53-49)38-20-12-24-46-47(38)37-19-11-21-41(48(37)58-46)55(33-25-27-44-39(29-33)35-17-7-9-22-42(35)56-44)34-26-28-45-40(30-34)36-18-8-10-23-43(36)57-45/h1-30H. The predicted molar refractivity (Wildman–Crippen MR) is 233 cm³/mol. The second-order valence-corrected chi connectivity index (χ2v) is 14.4. The third-order valence-electron chi connectivity index (χ3n) is 10.9. The fraction of sp³-hybridized carbons (Fsp3) is 0. The zero-order valence-electron chi connectivity index (χ0n) is 30.8. The van der Waals surface area contributed by atoms with Crippen LogP contribution >= 0.6 is 0 Å². The molecule has 272 valence electrons. The Hall–Kier alpha value is -8.03. The number of fused-ring (bicyclic) bond motifs is 9. The highest BCUT2D eigenvalue weighted by molar-refractivity contribution is 6.16. The highest BCUT2D eigenvalue weighted by Crippen LogP contribution is 2.46. The van der Waals surface area contributed by atoms with Gasteiger partial charge in [0.05, 0.1) is 5.69 Å². The number of aromatic nitrogens is 3. The van der Waals surface area contributed by atoms with E-state index in [1.165, 1.54) is 0 Å². The summed E-state index contributed by atoms with van der Waals surface area (Å²) >= 11 is 0. The number of furan rings is 3. The molecule has 0 bridgehead atoms. The molecule has 0 spiro atoms. The normalized spacial score (nSPS) is 11.8. The van der Waals surface area contributed by atoms with Crippen molar-refractivity contribution >= 4 is 82.9 Å². The van der Waals surface area contributed by atoms with Gasteiger partial charge in [0.2, 0.25) is 0 Å². The lowest BCUT2D eigenvalue weighted by Crippen LogP contribution is -2.10. The Labute approximate surface area is 331 Å². The zero-order chi connectivity index (χ0) is 38.2. The first-order chi connectivity index (χ1) is 28.7. The molecule has 0 aliphatic carbocycles. The van der Waals surface area contributed by atoms with Crippen LogP contribution in [-0.2, 0) is 0 Å². The van der Waals surface area contributed by atoms with Crippen molar-refractivity contribution in [3.8, 4) is 34.2 Å². The van der Waals surface area contributed by atoms with Gasteiger partial charge in [0, 0.05) is 60.4 Å². The monoisotopic (exact) mass is 746 g/mol. The van der Waals surface area contributed by atoms with Crippen molar-refractivity contribution in [1.29, 1.82) is 0 Å². The summed E-state index contributed by atoms with van der Waals surface area (Å²) in [5, 5.41) is 6.06. The van der Waals surface area contributed by atoms with Gasteiger partial charge in [0.25, 0.3) is 0 Å². The predicted octanol–water partition coefficient (Wildman–Crippen LogP) is 14.0. The number of anilines is 3. The van der Waals surface area contributed by atoms with Crippen molar-refractivity contribution in [3.05, 3.63) is 182 Å². The molecule has 0 N–H and O–H groups in total. The molecule has 0 saturated carbocycles. The number of rotatable bonds is 6. The van der Waals surface area contributed by atoms with Gasteiger partial charge in [-0.25, -0.2) is 15.0 Å². The third-order valence-corrected chi connectivity index (χ3v) is 10.9. The van der Waals surface area contributed by atoms with Crippen molar-refractivity contribution in [2.45, 2.75) is 0 Å². The van der Waals surface area contributed by atoms with Gasteiger partial charge in [-0.05, 0) is 60.7 Å².